The normalized spacial score (nSPS) is 36.4. The molecule has 1 N–H and O–H groups in total. The maximum Gasteiger partial charge on any atom is 0.219 e. The van der Waals surface area contributed by atoms with Gasteiger partial charge in [-0.3, -0.25) is 4.79 Å². The molecule has 2 rings (SSSR count). The molecule has 13 heavy (non-hydrogen) atoms. The monoisotopic (exact) mass is 182 g/mol. The van der Waals surface area contributed by atoms with Crippen molar-refractivity contribution in [3.8, 4) is 0 Å². The van der Waals surface area contributed by atoms with E-state index in [0.717, 1.165) is 19.6 Å². The highest BCUT2D eigenvalue weighted by molar-refractivity contribution is 5.74. The molecule has 0 radical (unpaired) electrons. The molecule has 2 atom stereocenters. The highest BCUT2D eigenvalue weighted by atomic mass is 16.2. The van der Waals surface area contributed by atoms with Gasteiger partial charge in [-0.25, -0.2) is 0 Å². The number of amides is 1. The number of fused-ring (bicyclic) bond motifs is 1. The van der Waals surface area contributed by atoms with Crippen molar-refractivity contribution in [3.05, 3.63) is 0 Å². The Hall–Kier alpha value is -0.570. The SMILES string of the molecule is CC(=O)N1CC2CNCC2C1(C)C. The standard InChI is InChI=1S/C10H18N2O/c1-7(13)12-6-8-4-11-5-9(8)10(12,2)3/h8-9,11H,4-6H2,1-3H3. The van der Waals surface area contributed by atoms with Gasteiger partial charge in [0.2, 0.25) is 5.91 Å². The molecule has 2 unspecified atom stereocenters. The molecule has 0 spiro atoms. The minimum Gasteiger partial charge on any atom is -0.337 e. The fraction of sp³-hybridized carbons (Fsp3) is 0.900. The van der Waals surface area contributed by atoms with E-state index in [-0.39, 0.29) is 11.4 Å². The zero-order valence-electron chi connectivity index (χ0n) is 8.63. The lowest BCUT2D eigenvalue weighted by atomic mass is 9.85. The number of nitrogens with one attached hydrogen (secondary N) is 1. The molecular weight excluding hydrogens is 164 g/mol. The van der Waals surface area contributed by atoms with E-state index in [0.29, 0.717) is 11.8 Å². The third kappa shape index (κ3) is 1.17. The van der Waals surface area contributed by atoms with Crippen LogP contribution in [0.15, 0.2) is 0 Å². The number of nitrogens with zero attached hydrogens (tertiary/aromatic N) is 1. The maximum absolute atomic E-state index is 11.4. The van der Waals surface area contributed by atoms with Gasteiger partial charge in [-0.15, -0.1) is 0 Å². The molecule has 0 aromatic heterocycles. The third-order valence-corrected chi connectivity index (χ3v) is 3.74. The third-order valence-electron chi connectivity index (χ3n) is 3.74. The Morgan fingerprint density at radius 1 is 1.46 bits per heavy atom. The van der Waals surface area contributed by atoms with Gasteiger partial charge in [0.1, 0.15) is 0 Å². The van der Waals surface area contributed by atoms with Crippen molar-refractivity contribution in [1.82, 2.24) is 10.2 Å². The Morgan fingerprint density at radius 2 is 2.15 bits per heavy atom. The zero-order chi connectivity index (χ0) is 9.64. The van der Waals surface area contributed by atoms with Crippen molar-refractivity contribution in [2.24, 2.45) is 11.8 Å². The average Bonchev–Trinajstić information content (AvgIpc) is 2.52. The van der Waals surface area contributed by atoms with Gasteiger partial charge in [0.05, 0.1) is 0 Å². The average molecular weight is 182 g/mol. The second-order valence-electron chi connectivity index (χ2n) is 4.81. The lowest BCUT2D eigenvalue weighted by Crippen LogP contribution is -2.46. The van der Waals surface area contributed by atoms with Crippen LogP contribution in [0.5, 0.6) is 0 Å². The van der Waals surface area contributed by atoms with Crippen molar-refractivity contribution in [1.29, 1.82) is 0 Å². The Bertz CT molecular complexity index is 237. The summed E-state index contributed by atoms with van der Waals surface area (Å²) in [6.45, 7) is 9.15. The Kier molecular flexibility index (Phi) is 1.88. The number of hydrogen-bond donors (Lipinski definition) is 1. The van der Waals surface area contributed by atoms with Gasteiger partial charge in [0.25, 0.3) is 0 Å². The second kappa shape index (κ2) is 2.71. The number of carbonyl (C=O) groups excluding carboxylic acids is 1. The lowest BCUT2D eigenvalue weighted by molar-refractivity contribution is -0.132. The highest BCUT2D eigenvalue weighted by Crippen LogP contribution is 2.40. The van der Waals surface area contributed by atoms with Gasteiger partial charge < -0.3 is 10.2 Å². The largest absolute Gasteiger partial charge is 0.337 e. The van der Waals surface area contributed by atoms with Crippen LogP contribution in [0, 0.1) is 11.8 Å². The second-order valence-corrected chi connectivity index (χ2v) is 4.81. The topological polar surface area (TPSA) is 32.3 Å². The molecule has 0 bridgehead atoms. The molecule has 2 aliphatic rings. The molecule has 1 amide bonds. The van der Waals surface area contributed by atoms with Crippen LogP contribution in [0.4, 0.5) is 0 Å². The molecule has 0 aliphatic carbocycles. The summed E-state index contributed by atoms with van der Waals surface area (Å²) >= 11 is 0. The molecule has 3 heteroatoms. The van der Waals surface area contributed by atoms with Crippen LogP contribution in [0.25, 0.3) is 0 Å². The van der Waals surface area contributed by atoms with E-state index < -0.39 is 0 Å². The number of carbonyl (C=O) groups is 1. The fourth-order valence-corrected chi connectivity index (χ4v) is 2.96. The van der Waals surface area contributed by atoms with Crippen LogP contribution in [0.2, 0.25) is 0 Å². The Morgan fingerprint density at radius 3 is 2.69 bits per heavy atom. The lowest BCUT2D eigenvalue weighted by Gasteiger charge is -2.34. The van der Waals surface area contributed by atoms with Crippen LogP contribution >= 0.6 is 0 Å². The molecule has 0 aromatic carbocycles. The van der Waals surface area contributed by atoms with Gasteiger partial charge in [-0.2, -0.15) is 0 Å². The smallest absolute Gasteiger partial charge is 0.219 e. The summed E-state index contributed by atoms with van der Waals surface area (Å²) in [6.07, 6.45) is 0. The summed E-state index contributed by atoms with van der Waals surface area (Å²) in [5.41, 5.74) is 0.0556. The Balaban J connectivity index is 2.23. The van der Waals surface area contributed by atoms with E-state index in [9.17, 15) is 4.79 Å². The van der Waals surface area contributed by atoms with Crippen LogP contribution in [-0.4, -0.2) is 36.0 Å². The van der Waals surface area contributed by atoms with E-state index in [1.165, 1.54) is 0 Å². The Labute approximate surface area is 79.5 Å². The molecule has 0 aromatic rings. The van der Waals surface area contributed by atoms with Gasteiger partial charge in [0.15, 0.2) is 0 Å². The molecule has 2 saturated heterocycles. The fourth-order valence-electron chi connectivity index (χ4n) is 2.96. The zero-order valence-corrected chi connectivity index (χ0v) is 8.63. The number of likely N-dealkylation sites (tertiary alicyclic amines) is 1. The van der Waals surface area contributed by atoms with E-state index in [2.05, 4.69) is 19.2 Å². The van der Waals surface area contributed by atoms with Crippen molar-refractivity contribution in [2.45, 2.75) is 26.3 Å². The molecule has 2 heterocycles. The predicted molar refractivity (Wildman–Crippen MR) is 51.3 cm³/mol. The molecular formula is C10H18N2O. The van der Waals surface area contributed by atoms with Gasteiger partial charge in [-0.1, -0.05) is 0 Å². The van der Waals surface area contributed by atoms with E-state index in [1.54, 1.807) is 6.92 Å². The van der Waals surface area contributed by atoms with Crippen molar-refractivity contribution in [3.63, 3.8) is 0 Å². The molecule has 74 valence electrons. The summed E-state index contributed by atoms with van der Waals surface area (Å²) < 4.78 is 0. The molecule has 3 nitrogen and oxygen atoms in total. The van der Waals surface area contributed by atoms with E-state index in [4.69, 9.17) is 0 Å². The van der Waals surface area contributed by atoms with Gasteiger partial charge in [0, 0.05) is 32.1 Å². The first-order chi connectivity index (χ1) is 6.03. The van der Waals surface area contributed by atoms with Crippen LogP contribution in [0.3, 0.4) is 0 Å². The first kappa shape index (κ1) is 9.00. The predicted octanol–water partition coefficient (Wildman–Crippen LogP) is 0.463. The van der Waals surface area contributed by atoms with Crippen LogP contribution in [0.1, 0.15) is 20.8 Å². The molecule has 0 saturated carbocycles. The van der Waals surface area contributed by atoms with Crippen LogP contribution < -0.4 is 5.32 Å². The summed E-state index contributed by atoms with van der Waals surface area (Å²) in [6, 6.07) is 0. The minimum absolute atomic E-state index is 0.0556. The number of rotatable bonds is 0. The molecule has 2 fully saturated rings. The first-order valence-electron chi connectivity index (χ1n) is 5.02. The van der Waals surface area contributed by atoms with E-state index in [1.807, 2.05) is 4.90 Å². The summed E-state index contributed by atoms with van der Waals surface area (Å²) in [5, 5.41) is 3.40. The summed E-state index contributed by atoms with van der Waals surface area (Å²) in [5.74, 6) is 1.55. The quantitative estimate of drug-likeness (QED) is 0.590. The highest BCUT2D eigenvalue weighted by Gasteiger charge is 2.50. The van der Waals surface area contributed by atoms with Crippen molar-refractivity contribution < 1.29 is 4.79 Å². The van der Waals surface area contributed by atoms with Gasteiger partial charge in [-0.05, 0) is 25.7 Å². The summed E-state index contributed by atoms with van der Waals surface area (Å²) in [4.78, 5) is 13.4. The van der Waals surface area contributed by atoms with Crippen LogP contribution in [-0.2, 0) is 4.79 Å². The van der Waals surface area contributed by atoms with Gasteiger partial charge >= 0.3 is 0 Å². The van der Waals surface area contributed by atoms with E-state index >= 15 is 0 Å². The minimum atomic E-state index is 0.0556. The molecule has 2 aliphatic heterocycles. The maximum atomic E-state index is 11.4. The summed E-state index contributed by atoms with van der Waals surface area (Å²) in [7, 11) is 0. The van der Waals surface area contributed by atoms with Crippen molar-refractivity contribution in [2.75, 3.05) is 19.6 Å². The van der Waals surface area contributed by atoms with Crippen molar-refractivity contribution >= 4 is 5.91 Å². The number of hydrogen-bond acceptors (Lipinski definition) is 2. The first-order valence-corrected chi connectivity index (χ1v) is 5.02.